The Morgan fingerprint density at radius 2 is 1.23 bits per heavy atom. The Labute approximate surface area is 238 Å². The van der Waals surface area contributed by atoms with Gasteiger partial charge in [0.2, 0.25) is 11.7 Å². The van der Waals surface area contributed by atoms with E-state index in [4.69, 9.17) is 14.2 Å². The summed E-state index contributed by atoms with van der Waals surface area (Å²) in [5, 5.41) is 0. The molecule has 0 radical (unpaired) electrons. The van der Waals surface area contributed by atoms with Crippen molar-refractivity contribution in [2.45, 2.75) is 41.5 Å². The van der Waals surface area contributed by atoms with E-state index in [0.717, 1.165) is 16.0 Å². The van der Waals surface area contributed by atoms with Crippen LogP contribution in [0.2, 0.25) is 0 Å². The molecule has 0 aliphatic carbocycles. The Bertz CT molecular complexity index is 1260. The lowest BCUT2D eigenvalue weighted by atomic mass is 10.0. The van der Waals surface area contributed by atoms with Crippen molar-refractivity contribution in [3.63, 3.8) is 0 Å². The second-order valence-electron chi connectivity index (χ2n) is 8.06. The molecule has 0 unspecified atom stereocenters. The van der Waals surface area contributed by atoms with E-state index in [2.05, 4.69) is 0 Å². The Morgan fingerprint density at radius 3 is 1.68 bits per heavy atom. The zero-order valence-electron chi connectivity index (χ0n) is 25.0. The number of carbonyl (C=O) groups is 3. The molecule has 0 bridgehead atoms. The molecule has 0 aromatic heterocycles. The Kier molecular flexibility index (Phi) is 14.5. The topological polar surface area (TPSA) is 82.1 Å². The van der Waals surface area contributed by atoms with Crippen LogP contribution in [-0.4, -0.2) is 50.4 Å². The number of hydrogen-bond acceptors (Lipinski definition) is 6. The number of nitrogens with zero attached hydrogens (tertiary/aromatic N) is 1. The van der Waals surface area contributed by atoms with Crippen molar-refractivity contribution < 1.29 is 28.6 Å². The van der Waals surface area contributed by atoms with Crippen LogP contribution in [0.1, 0.15) is 57.5 Å². The molecule has 0 aliphatic rings. The molecule has 0 saturated carbocycles. The quantitative estimate of drug-likeness (QED) is 0.210. The van der Waals surface area contributed by atoms with E-state index in [-0.39, 0.29) is 17.9 Å². The molecule has 7 heteroatoms. The maximum atomic E-state index is 13.1. The molecular formula is C33H41NO6. The van der Waals surface area contributed by atoms with Gasteiger partial charge in [0.15, 0.2) is 17.3 Å². The average molecular weight is 548 g/mol. The van der Waals surface area contributed by atoms with E-state index in [1.165, 1.54) is 28.3 Å². The monoisotopic (exact) mass is 547 g/mol. The Hall–Kier alpha value is -4.39. The van der Waals surface area contributed by atoms with E-state index < -0.39 is 11.8 Å². The van der Waals surface area contributed by atoms with Crippen LogP contribution < -0.4 is 14.2 Å². The molecule has 0 heterocycles. The molecule has 0 atom stereocenters. The number of benzene rings is 3. The van der Waals surface area contributed by atoms with E-state index in [9.17, 15) is 14.4 Å². The van der Waals surface area contributed by atoms with Gasteiger partial charge in [-0.3, -0.25) is 19.3 Å². The summed E-state index contributed by atoms with van der Waals surface area (Å²) in [4.78, 5) is 39.3. The molecule has 2 amide bonds. The van der Waals surface area contributed by atoms with E-state index in [1.54, 1.807) is 37.3 Å². The number of ketones is 1. The predicted molar refractivity (Wildman–Crippen MR) is 161 cm³/mol. The van der Waals surface area contributed by atoms with Crippen LogP contribution in [-0.2, 0) is 9.59 Å². The molecule has 3 aromatic rings. The Balaban J connectivity index is 0.00000191. The molecule has 0 aliphatic heterocycles. The first-order valence-electron chi connectivity index (χ1n) is 13.3. The highest BCUT2D eigenvalue weighted by Gasteiger charge is 2.23. The third kappa shape index (κ3) is 8.83. The van der Waals surface area contributed by atoms with Gasteiger partial charge in [-0.25, -0.2) is 0 Å². The van der Waals surface area contributed by atoms with Crippen molar-refractivity contribution in [1.29, 1.82) is 0 Å². The minimum atomic E-state index is -0.564. The fourth-order valence-electron chi connectivity index (χ4n) is 3.75. The summed E-state index contributed by atoms with van der Waals surface area (Å²) in [7, 11) is 4.50. The van der Waals surface area contributed by atoms with Gasteiger partial charge in [-0.05, 0) is 41.8 Å². The van der Waals surface area contributed by atoms with E-state index in [1.807, 2.05) is 70.2 Å². The van der Waals surface area contributed by atoms with Crippen LogP contribution in [0.4, 0.5) is 0 Å². The van der Waals surface area contributed by atoms with Gasteiger partial charge >= 0.3 is 0 Å². The summed E-state index contributed by atoms with van der Waals surface area (Å²) in [5.74, 6) is -0.131. The number of methoxy groups -OCH3 is 3. The minimum Gasteiger partial charge on any atom is -0.493 e. The number of ether oxygens (including phenoxy) is 3. The maximum absolute atomic E-state index is 13.1. The normalized spacial score (nSPS) is 10.2. The number of imide groups is 1. The van der Waals surface area contributed by atoms with Crippen molar-refractivity contribution >= 4 is 23.7 Å². The molecule has 3 rings (SSSR count). The van der Waals surface area contributed by atoms with Crippen molar-refractivity contribution in [1.82, 2.24) is 4.90 Å². The number of hydrogen-bond donors (Lipinski definition) is 0. The first kappa shape index (κ1) is 33.6. The van der Waals surface area contributed by atoms with Crippen molar-refractivity contribution in [2.24, 2.45) is 0 Å². The highest BCUT2D eigenvalue weighted by molar-refractivity contribution is 6.10. The van der Waals surface area contributed by atoms with Gasteiger partial charge in [0.25, 0.3) is 5.91 Å². The lowest BCUT2D eigenvalue weighted by Gasteiger charge is -2.19. The number of carbonyl (C=O) groups excluding carboxylic acids is 3. The van der Waals surface area contributed by atoms with Gasteiger partial charge in [-0.2, -0.15) is 0 Å². The molecular weight excluding hydrogens is 506 g/mol. The fourth-order valence-corrected chi connectivity index (χ4v) is 3.75. The highest BCUT2D eigenvalue weighted by atomic mass is 16.5. The molecule has 0 fully saturated rings. The van der Waals surface area contributed by atoms with Crippen LogP contribution in [0.25, 0.3) is 17.2 Å². The first-order valence-corrected chi connectivity index (χ1v) is 13.3. The molecule has 0 N–H and O–H groups in total. The van der Waals surface area contributed by atoms with Crippen LogP contribution in [0.5, 0.6) is 17.2 Å². The molecule has 7 nitrogen and oxygen atoms in total. The van der Waals surface area contributed by atoms with Gasteiger partial charge < -0.3 is 14.2 Å². The van der Waals surface area contributed by atoms with Crippen LogP contribution in [0.15, 0.2) is 72.3 Å². The molecule has 0 saturated heterocycles. The predicted octanol–water partition coefficient (Wildman–Crippen LogP) is 7.09. The summed E-state index contributed by atoms with van der Waals surface area (Å²) in [6.45, 7) is 10.5. The molecule has 214 valence electrons. The summed E-state index contributed by atoms with van der Waals surface area (Å²) < 4.78 is 16.0. The van der Waals surface area contributed by atoms with Gasteiger partial charge in [0, 0.05) is 18.1 Å². The first-order chi connectivity index (χ1) is 19.3. The lowest BCUT2D eigenvalue weighted by molar-refractivity contribution is -0.140. The summed E-state index contributed by atoms with van der Waals surface area (Å²) in [6, 6.07) is 20.3. The molecule has 40 heavy (non-hydrogen) atoms. The highest BCUT2D eigenvalue weighted by Crippen LogP contribution is 2.38. The third-order valence-electron chi connectivity index (χ3n) is 5.65. The Morgan fingerprint density at radius 1 is 0.725 bits per heavy atom. The van der Waals surface area contributed by atoms with E-state index in [0.29, 0.717) is 28.4 Å². The number of rotatable bonds is 9. The zero-order valence-corrected chi connectivity index (χ0v) is 25.0. The summed E-state index contributed by atoms with van der Waals surface area (Å²) >= 11 is 0. The SMILES string of the molecule is CC.CC.COc1cc(/C=C(\C)C(=O)N(CC(=O)c2ccc(-c3ccccc3)cc2)C(C)=O)cc(OC)c1OC. The smallest absolute Gasteiger partial charge is 0.256 e. The van der Waals surface area contributed by atoms with Crippen LogP contribution in [0, 0.1) is 0 Å². The summed E-state index contributed by atoms with van der Waals surface area (Å²) in [5.41, 5.74) is 3.30. The van der Waals surface area contributed by atoms with E-state index >= 15 is 0 Å². The fraction of sp³-hybridized carbons (Fsp3) is 0.303. The van der Waals surface area contributed by atoms with Crippen LogP contribution >= 0.6 is 0 Å². The second kappa shape index (κ2) is 17.2. The minimum absolute atomic E-state index is 0.270. The van der Waals surface area contributed by atoms with Gasteiger partial charge in [0.05, 0.1) is 27.9 Å². The average Bonchev–Trinajstić information content (AvgIpc) is 3.01. The third-order valence-corrected chi connectivity index (χ3v) is 5.65. The molecule has 0 spiro atoms. The summed E-state index contributed by atoms with van der Waals surface area (Å²) in [6.07, 6.45) is 1.60. The number of Topliss-reactive ketones (excluding diaryl/α,β-unsaturated/α-hetero) is 1. The van der Waals surface area contributed by atoms with Gasteiger partial charge in [0.1, 0.15) is 0 Å². The zero-order chi connectivity index (χ0) is 30.2. The largest absolute Gasteiger partial charge is 0.493 e. The van der Waals surface area contributed by atoms with Gasteiger partial charge in [-0.1, -0.05) is 82.3 Å². The van der Waals surface area contributed by atoms with Gasteiger partial charge in [-0.15, -0.1) is 0 Å². The van der Waals surface area contributed by atoms with Crippen molar-refractivity contribution in [3.8, 4) is 28.4 Å². The standard InChI is InChI=1S/C29H29NO6.2C2H6/c1-19(15-21-16-26(34-3)28(36-5)27(17-21)35-4)29(33)30(20(2)31)18-25(32)24-13-11-23(12-14-24)22-9-7-6-8-10-22;2*1-2/h6-17H,18H2,1-5H3;2*1-2H3/b19-15+;;. The van der Waals surface area contributed by atoms with Crippen molar-refractivity contribution in [2.75, 3.05) is 27.9 Å². The van der Waals surface area contributed by atoms with Crippen LogP contribution in [0.3, 0.4) is 0 Å². The second-order valence-corrected chi connectivity index (χ2v) is 8.06. The molecule has 3 aromatic carbocycles. The lowest BCUT2D eigenvalue weighted by Crippen LogP contribution is -2.39. The van der Waals surface area contributed by atoms with Crippen molar-refractivity contribution in [3.05, 3.63) is 83.4 Å². The number of amides is 2. The maximum Gasteiger partial charge on any atom is 0.256 e.